The number of nitrogens with one attached hydrogen (secondary N) is 1. The molecule has 0 fully saturated rings. The average Bonchev–Trinajstić information content (AvgIpc) is 2.75. The molecule has 2 aromatic carbocycles. The number of nitrogens with zero attached hydrogens (tertiary/aromatic N) is 2. The van der Waals surface area contributed by atoms with Crippen LogP contribution in [-0.2, 0) is 4.74 Å². The number of H-pyrrole nitrogens is 1. The molecule has 8 heteroatoms. The van der Waals surface area contributed by atoms with E-state index in [1.54, 1.807) is 55.5 Å². The van der Waals surface area contributed by atoms with Gasteiger partial charge in [-0.2, -0.15) is 0 Å². The van der Waals surface area contributed by atoms with Crippen molar-refractivity contribution in [2.24, 2.45) is 4.99 Å². The van der Waals surface area contributed by atoms with Gasteiger partial charge in [0.15, 0.2) is 0 Å². The second-order valence-corrected chi connectivity index (χ2v) is 6.91. The molecule has 0 aliphatic carbocycles. The van der Waals surface area contributed by atoms with Crippen LogP contribution in [0, 0.1) is 6.92 Å². The monoisotopic (exact) mass is 421 g/mol. The predicted octanol–water partition coefficient (Wildman–Crippen LogP) is 3.25. The van der Waals surface area contributed by atoms with Gasteiger partial charge in [-0.1, -0.05) is 31.5 Å². The Morgan fingerprint density at radius 2 is 1.87 bits per heavy atom. The molecule has 1 heterocycles. The van der Waals surface area contributed by atoms with E-state index in [1.807, 2.05) is 6.92 Å². The number of aryl methyl sites for hydroxylation is 1. The Kier molecular flexibility index (Phi) is 6.81. The summed E-state index contributed by atoms with van der Waals surface area (Å²) in [5, 5.41) is 10.6. The standard InChI is InChI=1S/C23H23N3O5/c1-3-4-13-31-22(29)16-9-11-17(12-10-16)24-14-18-20(27)25-23(30)26(21(18)28)19-8-6-5-7-15(19)2/h5-12,14,28H,3-4,13H2,1-2H3,(H,25,27,30). The molecule has 0 aliphatic rings. The number of aliphatic imine (C=N–C) groups is 1. The molecule has 0 aliphatic heterocycles. The number of aromatic amines is 1. The maximum Gasteiger partial charge on any atom is 0.338 e. The van der Waals surface area contributed by atoms with E-state index in [1.165, 1.54) is 6.21 Å². The first-order chi connectivity index (χ1) is 14.9. The van der Waals surface area contributed by atoms with Gasteiger partial charge in [0.1, 0.15) is 5.56 Å². The number of ether oxygens (including phenoxy) is 1. The normalized spacial score (nSPS) is 11.0. The zero-order chi connectivity index (χ0) is 22.4. The molecule has 1 aromatic heterocycles. The van der Waals surface area contributed by atoms with Crippen molar-refractivity contribution >= 4 is 17.9 Å². The van der Waals surface area contributed by atoms with E-state index in [-0.39, 0.29) is 5.56 Å². The molecule has 0 saturated carbocycles. The Balaban J connectivity index is 1.88. The summed E-state index contributed by atoms with van der Waals surface area (Å²) in [6.45, 7) is 4.17. The minimum Gasteiger partial charge on any atom is -0.493 e. The number of esters is 1. The third-order valence-electron chi connectivity index (χ3n) is 4.65. The molecule has 31 heavy (non-hydrogen) atoms. The first-order valence-corrected chi connectivity index (χ1v) is 9.88. The number of aromatic hydroxyl groups is 1. The molecule has 0 saturated heterocycles. The number of carbonyl (C=O) groups excluding carboxylic acids is 1. The summed E-state index contributed by atoms with van der Waals surface area (Å²) in [4.78, 5) is 42.9. The van der Waals surface area contributed by atoms with Gasteiger partial charge in [0.25, 0.3) is 5.56 Å². The van der Waals surface area contributed by atoms with Gasteiger partial charge in [-0.05, 0) is 49.2 Å². The SMILES string of the molecule is CCCCOC(=O)c1ccc(N=Cc2c(O)n(-c3ccccc3C)c(=O)[nH]c2=O)cc1. The quantitative estimate of drug-likeness (QED) is 0.345. The van der Waals surface area contributed by atoms with Gasteiger partial charge in [0.05, 0.1) is 23.5 Å². The van der Waals surface area contributed by atoms with Crippen LogP contribution < -0.4 is 11.2 Å². The highest BCUT2D eigenvalue weighted by Crippen LogP contribution is 2.19. The van der Waals surface area contributed by atoms with Crippen LogP contribution in [0.2, 0.25) is 0 Å². The number of aromatic nitrogens is 2. The number of hydrogen-bond acceptors (Lipinski definition) is 6. The predicted molar refractivity (Wildman–Crippen MR) is 118 cm³/mol. The van der Waals surface area contributed by atoms with E-state index in [4.69, 9.17) is 4.74 Å². The highest BCUT2D eigenvalue weighted by atomic mass is 16.5. The molecule has 0 unspecified atom stereocenters. The Bertz CT molecular complexity index is 1220. The summed E-state index contributed by atoms with van der Waals surface area (Å²) in [6, 6.07) is 13.3. The minimum absolute atomic E-state index is 0.161. The third kappa shape index (κ3) is 4.98. The van der Waals surface area contributed by atoms with Crippen LogP contribution in [0.15, 0.2) is 63.1 Å². The van der Waals surface area contributed by atoms with E-state index >= 15 is 0 Å². The van der Waals surface area contributed by atoms with E-state index in [0.29, 0.717) is 23.5 Å². The second-order valence-electron chi connectivity index (χ2n) is 6.91. The zero-order valence-corrected chi connectivity index (χ0v) is 17.3. The highest BCUT2D eigenvalue weighted by molar-refractivity contribution is 5.90. The van der Waals surface area contributed by atoms with Gasteiger partial charge in [0, 0.05) is 6.21 Å². The van der Waals surface area contributed by atoms with E-state index in [9.17, 15) is 19.5 Å². The minimum atomic E-state index is -0.757. The summed E-state index contributed by atoms with van der Waals surface area (Å²) in [5.41, 5.74) is 0.373. The lowest BCUT2D eigenvalue weighted by Gasteiger charge is -2.11. The van der Waals surface area contributed by atoms with Crippen LogP contribution in [-0.4, -0.2) is 33.4 Å². The lowest BCUT2D eigenvalue weighted by molar-refractivity contribution is 0.0500. The van der Waals surface area contributed by atoms with Crippen LogP contribution >= 0.6 is 0 Å². The molecular weight excluding hydrogens is 398 g/mol. The molecule has 3 aromatic rings. The Hall–Kier alpha value is -3.94. The molecule has 0 bridgehead atoms. The number of hydrogen-bond donors (Lipinski definition) is 2. The number of para-hydroxylation sites is 1. The van der Waals surface area contributed by atoms with Crippen molar-refractivity contribution in [3.63, 3.8) is 0 Å². The lowest BCUT2D eigenvalue weighted by atomic mass is 10.2. The van der Waals surface area contributed by atoms with Crippen LogP contribution in [0.3, 0.4) is 0 Å². The molecule has 0 amide bonds. The molecular formula is C23H23N3O5. The topological polar surface area (TPSA) is 114 Å². The van der Waals surface area contributed by atoms with Gasteiger partial charge >= 0.3 is 11.7 Å². The van der Waals surface area contributed by atoms with Crippen molar-refractivity contribution in [2.45, 2.75) is 26.7 Å². The second kappa shape index (κ2) is 9.71. The van der Waals surface area contributed by atoms with E-state index in [2.05, 4.69) is 9.98 Å². The van der Waals surface area contributed by atoms with E-state index in [0.717, 1.165) is 23.0 Å². The van der Waals surface area contributed by atoms with Crippen molar-refractivity contribution in [3.8, 4) is 11.6 Å². The summed E-state index contributed by atoms with van der Waals surface area (Å²) >= 11 is 0. The average molecular weight is 421 g/mol. The molecule has 3 rings (SSSR count). The number of unbranched alkanes of at least 4 members (excludes halogenated alkanes) is 1. The summed E-state index contributed by atoms with van der Waals surface area (Å²) in [6.07, 6.45) is 2.91. The number of rotatable bonds is 7. The Morgan fingerprint density at radius 3 is 2.55 bits per heavy atom. The van der Waals surface area contributed by atoms with E-state index < -0.39 is 23.1 Å². The van der Waals surface area contributed by atoms with Crippen LogP contribution in [0.25, 0.3) is 5.69 Å². The van der Waals surface area contributed by atoms with Crippen molar-refractivity contribution in [1.82, 2.24) is 9.55 Å². The van der Waals surface area contributed by atoms with Crippen LogP contribution in [0.1, 0.15) is 41.3 Å². The fourth-order valence-electron chi connectivity index (χ4n) is 2.91. The zero-order valence-electron chi connectivity index (χ0n) is 17.3. The van der Waals surface area contributed by atoms with Gasteiger partial charge in [-0.3, -0.25) is 14.8 Å². The summed E-state index contributed by atoms with van der Waals surface area (Å²) < 4.78 is 6.18. The smallest absolute Gasteiger partial charge is 0.338 e. The lowest BCUT2D eigenvalue weighted by Crippen LogP contribution is -2.31. The van der Waals surface area contributed by atoms with Gasteiger partial charge in [-0.15, -0.1) is 0 Å². The van der Waals surface area contributed by atoms with Gasteiger partial charge in [0.2, 0.25) is 5.88 Å². The van der Waals surface area contributed by atoms with Crippen molar-refractivity contribution < 1.29 is 14.6 Å². The first kappa shape index (κ1) is 21.8. The number of carbonyl (C=O) groups is 1. The third-order valence-corrected chi connectivity index (χ3v) is 4.65. The highest BCUT2D eigenvalue weighted by Gasteiger charge is 2.15. The largest absolute Gasteiger partial charge is 0.493 e. The maximum absolute atomic E-state index is 12.3. The maximum atomic E-state index is 12.3. The number of benzene rings is 2. The first-order valence-electron chi connectivity index (χ1n) is 9.88. The fraction of sp³-hybridized carbons (Fsp3) is 0.217. The van der Waals surface area contributed by atoms with Crippen molar-refractivity contribution in [2.75, 3.05) is 6.61 Å². The molecule has 0 atom stereocenters. The van der Waals surface area contributed by atoms with Crippen molar-refractivity contribution in [1.29, 1.82) is 0 Å². The summed E-state index contributed by atoms with van der Waals surface area (Å²) in [5.74, 6) is -0.925. The molecule has 2 N–H and O–H groups in total. The van der Waals surface area contributed by atoms with Crippen LogP contribution in [0.5, 0.6) is 5.88 Å². The Labute approximate surface area is 178 Å². The Morgan fingerprint density at radius 1 is 1.16 bits per heavy atom. The van der Waals surface area contributed by atoms with Gasteiger partial charge in [-0.25, -0.2) is 14.2 Å². The van der Waals surface area contributed by atoms with Gasteiger partial charge < -0.3 is 9.84 Å². The fourth-order valence-corrected chi connectivity index (χ4v) is 2.91. The van der Waals surface area contributed by atoms with Crippen molar-refractivity contribution in [3.05, 3.63) is 86.1 Å². The molecule has 160 valence electrons. The molecule has 8 nitrogen and oxygen atoms in total. The molecule has 0 spiro atoms. The van der Waals surface area contributed by atoms with Crippen LogP contribution in [0.4, 0.5) is 5.69 Å². The summed E-state index contributed by atoms with van der Waals surface area (Å²) in [7, 11) is 0. The molecule has 0 radical (unpaired) electrons.